The molecule has 1 heterocycles. The number of hydrogen-bond donors (Lipinski definition) is 1. The zero-order chi connectivity index (χ0) is 14.0. The van der Waals surface area contributed by atoms with Crippen molar-refractivity contribution in [1.82, 2.24) is 10.4 Å². The number of nitrogens with one attached hydrogen (secondary N) is 1. The molecule has 0 aliphatic carbocycles. The summed E-state index contributed by atoms with van der Waals surface area (Å²) >= 11 is 0. The predicted molar refractivity (Wildman–Crippen MR) is 69.9 cm³/mol. The minimum Gasteiger partial charge on any atom is -0.345 e. The van der Waals surface area contributed by atoms with Crippen molar-refractivity contribution in [2.75, 3.05) is 6.54 Å². The maximum Gasteiger partial charge on any atom is 0.221 e. The van der Waals surface area contributed by atoms with Gasteiger partial charge >= 0.3 is 0 Å². The molecule has 0 spiro atoms. The molecule has 0 bridgehead atoms. The van der Waals surface area contributed by atoms with Crippen molar-refractivity contribution in [1.29, 1.82) is 0 Å². The van der Waals surface area contributed by atoms with E-state index in [0.717, 1.165) is 12.8 Å². The van der Waals surface area contributed by atoms with Crippen molar-refractivity contribution < 1.29 is 10.0 Å². The SMILES string of the molecule is C#CCNC(=O)CC1CC(C)(C)N([O])C(C)(C)C1. The standard InChI is InChI=1S/C14H23N2O2/c1-6-7-15-12(17)8-11-9-13(2,3)16(18)14(4,5)10-11/h1,11H,7-10H2,2-5H3,(H,15,17). The van der Waals surface area contributed by atoms with Gasteiger partial charge in [0.25, 0.3) is 0 Å². The van der Waals surface area contributed by atoms with E-state index in [1.807, 2.05) is 27.7 Å². The van der Waals surface area contributed by atoms with Gasteiger partial charge in [0.1, 0.15) is 0 Å². The number of terminal acetylenes is 1. The summed E-state index contributed by atoms with van der Waals surface area (Å²) in [6, 6.07) is 0. The molecule has 0 aromatic carbocycles. The van der Waals surface area contributed by atoms with Gasteiger partial charge in [-0.2, -0.15) is 0 Å². The van der Waals surface area contributed by atoms with E-state index >= 15 is 0 Å². The summed E-state index contributed by atoms with van der Waals surface area (Å²) in [5, 5.41) is 16.0. The second kappa shape index (κ2) is 5.29. The normalized spacial score (nSPS) is 23.3. The van der Waals surface area contributed by atoms with E-state index in [9.17, 15) is 10.0 Å². The van der Waals surface area contributed by atoms with Crippen LogP contribution in [0, 0.1) is 18.3 Å². The van der Waals surface area contributed by atoms with Gasteiger partial charge in [0.2, 0.25) is 5.91 Å². The van der Waals surface area contributed by atoms with E-state index in [-0.39, 0.29) is 18.4 Å². The Labute approximate surface area is 110 Å². The fraction of sp³-hybridized carbons (Fsp3) is 0.786. The lowest BCUT2D eigenvalue weighted by Gasteiger charge is -2.49. The number of rotatable bonds is 3. The van der Waals surface area contributed by atoms with Gasteiger partial charge < -0.3 is 5.32 Å². The quantitative estimate of drug-likeness (QED) is 0.777. The predicted octanol–water partition coefficient (Wildman–Crippen LogP) is 1.74. The van der Waals surface area contributed by atoms with Crippen molar-refractivity contribution in [3.05, 3.63) is 0 Å². The molecule has 1 fully saturated rings. The van der Waals surface area contributed by atoms with Gasteiger partial charge in [-0.3, -0.25) is 4.79 Å². The first kappa shape index (κ1) is 15.0. The maximum absolute atomic E-state index is 12.2. The Morgan fingerprint density at radius 1 is 1.33 bits per heavy atom. The first-order chi connectivity index (χ1) is 8.19. The van der Waals surface area contributed by atoms with Crippen LogP contribution in [0.15, 0.2) is 0 Å². The lowest BCUT2D eigenvalue weighted by molar-refractivity contribution is -0.294. The van der Waals surface area contributed by atoms with E-state index in [0.29, 0.717) is 6.42 Å². The number of amides is 1. The third-order valence-electron chi connectivity index (χ3n) is 3.54. The highest BCUT2D eigenvalue weighted by Crippen LogP contribution is 2.41. The van der Waals surface area contributed by atoms with Crippen LogP contribution < -0.4 is 5.32 Å². The highest BCUT2D eigenvalue weighted by molar-refractivity contribution is 5.76. The van der Waals surface area contributed by atoms with E-state index < -0.39 is 11.1 Å². The molecule has 0 unspecified atom stereocenters. The molecule has 1 radical (unpaired) electrons. The Hall–Kier alpha value is -1.05. The minimum atomic E-state index is -0.418. The highest BCUT2D eigenvalue weighted by Gasteiger charge is 2.46. The molecule has 1 rings (SSSR count). The van der Waals surface area contributed by atoms with Crippen LogP contribution in [0.3, 0.4) is 0 Å². The van der Waals surface area contributed by atoms with Gasteiger partial charge in [-0.05, 0) is 46.5 Å². The van der Waals surface area contributed by atoms with E-state index in [1.165, 1.54) is 5.06 Å². The Morgan fingerprint density at radius 3 is 2.28 bits per heavy atom. The van der Waals surface area contributed by atoms with Crippen molar-refractivity contribution in [3.63, 3.8) is 0 Å². The number of hydrogen-bond acceptors (Lipinski definition) is 2. The van der Waals surface area contributed by atoms with Gasteiger partial charge in [-0.25, -0.2) is 0 Å². The molecule has 18 heavy (non-hydrogen) atoms. The second-order valence-corrected chi connectivity index (χ2v) is 6.38. The van der Waals surface area contributed by atoms with Crippen LogP contribution in [-0.4, -0.2) is 28.6 Å². The Balaban J connectivity index is 2.64. The number of nitrogens with zero attached hydrogens (tertiary/aromatic N) is 1. The first-order valence-corrected chi connectivity index (χ1v) is 6.37. The Kier molecular flexibility index (Phi) is 4.41. The van der Waals surface area contributed by atoms with Gasteiger partial charge in [0, 0.05) is 17.5 Å². The molecule has 4 nitrogen and oxygen atoms in total. The lowest BCUT2D eigenvalue weighted by Crippen LogP contribution is -2.58. The zero-order valence-electron chi connectivity index (χ0n) is 11.7. The molecule has 1 aliphatic heterocycles. The van der Waals surface area contributed by atoms with E-state index in [4.69, 9.17) is 6.42 Å². The van der Waals surface area contributed by atoms with Gasteiger partial charge in [-0.15, -0.1) is 16.7 Å². The molecular formula is C14H23N2O2. The van der Waals surface area contributed by atoms with Crippen molar-refractivity contribution in [2.24, 2.45) is 5.92 Å². The Morgan fingerprint density at radius 2 is 1.83 bits per heavy atom. The lowest BCUT2D eigenvalue weighted by atomic mass is 9.74. The highest BCUT2D eigenvalue weighted by atomic mass is 16.5. The summed E-state index contributed by atoms with van der Waals surface area (Å²) in [4.78, 5) is 11.7. The summed E-state index contributed by atoms with van der Waals surface area (Å²) in [7, 11) is 0. The van der Waals surface area contributed by atoms with Crippen molar-refractivity contribution in [3.8, 4) is 12.3 Å². The molecule has 0 aromatic heterocycles. The molecule has 1 N–H and O–H groups in total. The molecule has 1 saturated heterocycles. The first-order valence-electron chi connectivity index (χ1n) is 6.37. The largest absolute Gasteiger partial charge is 0.345 e. The summed E-state index contributed by atoms with van der Waals surface area (Å²) in [5.41, 5.74) is -0.836. The van der Waals surface area contributed by atoms with Crippen molar-refractivity contribution in [2.45, 2.75) is 58.0 Å². The smallest absolute Gasteiger partial charge is 0.221 e. The maximum atomic E-state index is 12.2. The van der Waals surface area contributed by atoms with Crippen molar-refractivity contribution >= 4 is 5.91 Å². The summed E-state index contributed by atoms with van der Waals surface area (Å²) in [6.45, 7) is 8.02. The summed E-state index contributed by atoms with van der Waals surface area (Å²) in [6.07, 6.45) is 7.03. The van der Waals surface area contributed by atoms with E-state index in [1.54, 1.807) is 0 Å². The third-order valence-corrected chi connectivity index (χ3v) is 3.54. The van der Waals surface area contributed by atoms with Crippen LogP contribution in [0.25, 0.3) is 0 Å². The van der Waals surface area contributed by atoms with E-state index in [2.05, 4.69) is 11.2 Å². The average molecular weight is 251 g/mol. The summed E-state index contributed by atoms with van der Waals surface area (Å²) < 4.78 is 0. The fourth-order valence-corrected chi connectivity index (χ4v) is 3.10. The van der Waals surface area contributed by atoms with Crippen LogP contribution in [0.4, 0.5) is 0 Å². The van der Waals surface area contributed by atoms with Crippen LogP contribution in [0.2, 0.25) is 0 Å². The number of carbonyl (C=O) groups excluding carboxylic acids is 1. The van der Waals surface area contributed by atoms with Crippen LogP contribution in [-0.2, 0) is 10.0 Å². The topological polar surface area (TPSA) is 52.2 Å². The Bertz CT molecular complexity index is 337. The molecule has 1 amide bonds. The number of hydroxylamine groups is 2. The van der Waals surface area contributed by atoms with Gasteiger partial charge in [0.05, 0.1) is 6.54 Å². The molecule has 1 aliphatic rings. The van der Waals surface area contributed by atoms with Crippen LogP contribution in [0.5, 0.6) is 0 Å². The second-order valence-electron chi connectivity index (χ2n) is 6.38. The monoisotopic (exact) mass is 251 g/mol. The molecule has 101 valence electrons. The summed E-state index contributed by atoms with van der Waals surface area (Å²) in [5.74, 6) is 2.60. The molecule has 4 heteroatoms. The van der Waals surface area contributed by atoms with Crippen LogP contribution >= 0.6 is 0 Å². The zero-order valence-corrected chi connectivity index (χ0v) is 11.7. The number of carbonyl (C=O) groups is 1. The van der Waals surface area contributed by atoms with Gasteiger partial charge in [-0.1, -0.05) is 5.92 Å². The third kappa shape index (κ3) is 3.47. The van der Waals surface area contributed by atoms with Gasteiger partial charge in [0.15, 0.2) is 0 Å². The molecule has 0 aromatic rings. The van der Waals surface area contributed by atoms with Crippen LogP contribution in [0.1, 0.15) is 47.0 Å². The average Bonchev–Trinajstić information content (AvgIpc) is 2.22. The molecule has 0 saturated carbocycles. The minimum absolute atomic E-state index is 0.0242. The molecule has 0 atom stereocenters. The number of piperidine rings is 1. The fourth-order valence-electron chi connectivity index (χ4n) is 3.10. The molecular weight excluding hydrogens is 228 g/mol.